The number of benzene rings is 1. The molecule has 100 valence electrons. The van der Waals surface area contributed by atoms with Crippen LogP contribution in [0.3, 0.4) is 0 Å². The number of carboxylic acids is 1. The van der Waals surface area contributed by atoms with Gasteiger partial charge in [-0.25, -0.2) is 0 Å². The molecule has 0 fully saturated rings. The van der Waals surface area contributed by atoms with Crippen molar-refractivity contribution >= 4 is 5.97 Å². The van der Waals surface area contributed by atoms with Crippen molar-refractivity contribution in [2.24, 2.45) is 0 Å². The zero-order chi connectivity index (χ0) is 14.0. The van der Waals surface area contributed by atoms with Gasteiger partial charge in [0, 0.05) is 5.56 Å². The van der Waals surface area contributed by atoms with Gasteiger partial charge in [0.1, 0.15) is 12.0 Å². The normalized spacial score (nSPS) is 11.5. The SMILES string of the molecule is O=C(O)Cc1nocc1-c1cccc(C(F)(F)F)c1. The Morgan fingerprint density at radius 1 is 1.37 bits per heavy atom. The molecule has 1 heterocycles. The number of hydrogen-bond donors (Lipinski definition) is 1. The molecule has 19 heavy (non-hydrogen) atoms. The van der Waals surface area contributed by atoms with Gasteiger partial charge in [-0.2, -0.15) is 13.2 Å². The third kappa shape index (κ3) is 2.93. The molecule has 2 rings (SSSR count). The van der Waals surface area contributed by atoms with E-state index >= 15 is 0 Å². The standard InChI is InChI=1S/C12H8F3NO3/c13-12(14,15)8-3-1-2-7(4-8)9-6-19-16-10(9)5-11(17)18/h1-4,6H,5H2,(H,17,18). The first kappa shape index (κ1) is 13.1. The molecule has 0 saturated carbocycles. The molecule has 0 radical (unpaired) electrons. The number of carboxylic acid groups (broad SMARTS) is 1. The maximum Gasteiger partial charge on any atom is 0.416 e. The van der Waals surface area contributed by atoms with Gasteiger partial charge in [-0.3, -0.25) is 4.79 Å². The van der Waals surface area contributed by atoms with E-state index in [4.69, 9.17) is 5.11 Å². The summed E-state index contributed by atoms with van der Waals surface area (Å²) in [5, 5.41) is 12.2. The van der Waals surface area contributed by atoms with Crippen LogP contribution in [0, 0.1) is 0 Å². The molecule has 0 saturated heterocycles. The smallest absolute Gasteiger partial charge is 0.416 e. The van der Waals surface area contributed by atoms with Crippen LogP contribution in [-0.2, 0) is 17.4 Å². The summed E-state index contributed by atoms with van der Waals surface area (Å²) < 4.78 is 42.4. The van der Waals surface area contributed by atoms with E-state index in [9.17, 15) is 18.0 Å². The first-order valence-corrected chi connectivity index (χ1v) is 5.20. The highest BCUT2D eigenvalue weighted by atomic mass is 19.4. The second-order valence-corrected chi connectivity index (χ2v) is 3.82. The van der Waals surface area contributed by atoms with Crippen LogP contribution >= 0.6 is 0 Å². The van der Waals surface area contributed by atoms with Crippen LogP contribution in [0.5, 0.6) is 0 Å². The van der Waals surface area contributed by atoms with E-state index in [0.717, 1.165) is 18.4 Å². The molecule has 1 N–H and O–H groups in total. The summed E-state index contributed by atoms with van der Waals surface area (Å²) in [7, 11) is 0. The predicted octanol–water partition coefficient (Wildman–Crippen LogP) is 2.99. The number of aliphatic carboxylic acids is 1. The van der Waals surface area contributed by atoms with Crippen molar-refractivity contribution in [2.45, 2.75) is 12.6 Å². The van der Waals surface area contributed by atoms with Gasteiger partial charge in [0.05, 0.1) is 12.0 Å². The highest BCUT2D eigenvalue weighted by Crippen LogP contribution is 2.33. The van der Waals surface area contributed by atoms with Crippen molar-refractivity contribution in [3.63, 3.8) is 0 Å². The molecule has 0 amide bonds. The summed E-state index contributed by atoms with van der Waals surface area (Å²) in [5.74, 6) is -1.14. The largest absolute Gasteiger partial charge is 0.481 e. The molecule has 0 spiro atoms. The third-order valence-corrected chi connectivity index (χ3v) is 2.46. The van der Waals surface area contributed by atoms with Crippen LogP contribution in [0.2, 0.25) is 0 Å². The Bertz CT molecular complexity index is 604. The molecule has 7 heteroatoms. The van der Waals surface area contributed by atoms with Gasteiger partial charge in [-0.1, -0.05) is 17.3 Å². The summed E-state index contributed by atoms with van der Waals surface area (Å²) in [6, 6.07) is 4.55. The van der Waals surface area contributed by atoms with Gasteiger partial charge < -0.3 is 9.63 Å². The van der Waals surface area contributed by atoms with E-state index in [1.807, 2.05) is 0 Å². The van der Waals surface area contributed by atoms with Crippen LogP contribution in [0.1, 0.15) is 11.3 Å². The van der Waals surface area contributed by atoms with Crippen LogP contribution in [-0.4, -0.2) is 16.2 Å². The van der Waals surface area contributed by atoms with Crippen molar-refractivity contribution in [1.29, 1.82) is 0 Å². The van der Waals surface area contributed by atoms with Gasteiger partial charge in [0.25, 0.3) is 0 Å². The van der Waals surface area contributed by atoms with Gasteiger partial charge in [-0.05, 0) is 17.7 Å². The molecule has 0 aliphatic carbocycles. The first-order valence-electron chi connectivity index (χ1n) is 5.20. The molecule has 0 atom stereocenters. The molecule has 0 aliphatic rings. The Morgan fingerprint density at radius 2 is 2.11 bits per heavy atom. The number of hydrogen-bond acceptors (Lipinski definition) is 3. The van der Waals surface area contributed by atoms with E-state index in [0.29, 0.717) is 0 Å². The summed E-state index contributed by atoms with van der Waals surface area (Å²) in [4.78, 5) is 10.6. The van der Waals surface area contributed by atoms with Crippen molar-refractivity contribution in [1.82, 2.24) is 5.16 Å². The number of alkyl halides is 3. The van der Waals surface area contributed by atoms with E-state index in [-0.39, 0.29) is 16.8 Å². The molecular formula is C12H8F3NO3. The zero-order valence-electron chi connectivity index (χ0n) is 9.44. The monoisotopic (exact) mass is 271 g/mol. The lowest BCUT2D eigenvalue weighted by atomic mass is 10.0. The average Bonchev–Trinajstić information content (AvgIpc) is 2.75. The summed E-state index contributed by atoms with van der Waals surface area (Å²) >= 11 is 0. The first-order chi connectivity index (χ1) is 8.88. The lowest BCUT2D eigenvalue weighted by Crippen LogP contribution is -2.05. The molecular weight excluding hydrogens is 263 g/mol. The fourth-order valence-corrected chi connectivity index (χ4v) is 1.63. The van der Waals surface area contributed by atoms with E-state index in [1.165, 1.54) is 12.1 Å². The van der Waals surface area contributed by atoms with Crippen molar-refractivity contribution in [3.05, 3.63) is 41.8 Å². The van der Waals surface area contributed by atoms with Gasteiger partial charge in [0.15, 0.2) is 0 Å². The quantitative estimate of drug-likeness (QED) is 0.932. The number of aromatic nitrogens is 1. The van der Waals surface area contributed by atoms with E-state index < -0.39 is 24.1 Å². The molecule has 0 bridgehead atoms. The van der Waals surface area contributed by atoms with Crippen molar-refractivity contribution in [3.8, 4) is 11.1 Å². The highest BCUT2D eigenvalue weighted by molar-refractivity contribution is 5.75. The topological polar surface area (TPSA) is 63.3 Å². The number of halogens is 3. The second kappa shape index (κ2) is 4.75. The molecule has 1 aromatic heterocycles. The van der Waals surface area contributed by atoms with Gasteiger partial charge in [-0.15, -0.1) is 0 Å². The van der Waals surface area contributed by atoms with Crippen LogP contribution in [0.25, 0.3) is 11.1 Å². The fourth-order valence-electron chi connectivity index (χ4n) is 1.63. The minimum Gasteiger partial charge on any atom is -0.481 e. The van der Waals surface area contributed by atoms with Crippen molar-refractivity contribution in [2.75, 3.05) is 0 Å². The van der Waals surface area contributed by atoms with Gasteiger partial charge in [0.2, 0.25) is 0 Å². The maximum atomic E-state index is 12.6. The van der Waals surface area contributed by atoms with E-state index in [2.05, 4.69) is 9.68 Å². The Balaban J connectivity index is 2.42. The van der Waals surface area contributed by atoms with E-state index in [1.54, 1.807) is 0 Å². The number of carbonyl (C=O) groups is 1. The minimum atomic E-state index is -4.46. The fraction of sp³-hybridized carbons (Fsp3) is 0.167. The molecule has 2 aromatic rings. The Labute approximate surface area is 105 Å². The zero-order valence-corrected chi connectivity index (χ0v) is 9.44. The average molecular weight is 271 g/mol. The minimum absolute atomic E-state index is 0.0897. The lowest BCUT2D eigenvalue weighted by molar-refractivity contribution is -0.138. The second-order valence-electron chi connectivity index (χ2n) is 3.82. The third-order valence-electron chi connectivity index (χ3n) is 2.46. The highest BCUT2D eigenvalue weighted by Gasteiger charge is 2.30. The van der Waals surface area contributed by atoms with Crippen LogP contribution < -0.4 is 0 Å². The number of rotatable bonds is 3. The summed E-state index contributed by atoms with van der Waals surface area (Å²) in [5.41, 5.74) is -0.264. The number of nitrogens with zero attached hydrogens (tertiary/aromatic N) is 1. The van der Waals surface area contributed by atoms with Crippen LogP contribution in [0.4, 0.5) is 13.2 Å². The Morgan fingerprint density at radius 3 is 2.74 bits per heavy atom. The molecule has 0 unspecified atom stereocenters. The van der Waals surface area contributed by atoms with Crippen molar-refractivity contribution < 1.29 is 27.6 Å². The molecule has 4 nitrogen and oxygen atoms in total. The predicted molar refractivity (Wildman–Crippen MR) is 58.3 cm³/mol. The summed E-state index contributed by atoms with van der Waals surface area (Å²) in [6.07, 6.45) is -3.74. The molecule has 0 aliphatic heterocycles. The lowest BCUT2D eigenvalue weighted by Gasteiger charge is -2.08. The Kier molecular flexibility index (Phi) is 3.28. The Hall–Kier alpha value is -2.31. The maximum absolute atomic E-state index is 12.6. The van der Waals surface area contributed by atoms with Crippen LogP contribution in [0.15, 0.2) is 35.1 Å². The summed E-state index contributed by atoms with van der Waals surface area (Å²) in [6.45, 7) is 0. The molecule has 1 aromatic carbocycles. The van der Waals surface area contributed by atoms with Gasteiger partial charge >= 0.3 is 12.1 Å².